The van der Waals surface area contributed by atoms with Gasteiger partial charge in [0.2, 0.25) is 0 Å². The lowest BCUT2D eigenvalue weighted by atomic mass is 10.1. The summed E-state index contributed by atoms with van der Waals surface area (Å²) in [7, 11) is 0. The van der Waals surface area contributed by atoms with Gasteiger partial charge in [-0.25, -0.2) is 9.59 Å². The molecule has 1 amide bonds. The fourth-order valence-electron chi connectivity index (χ4n) is 2.88. The Morgan fingerprint density at radius 2 is 1.48 bits per heavy atom. The van der Waals surface area contributed by atoms with E-state index in [2.05, 4.69) is 0 Å². The zero-order chi connectivity index (χ0) is 17.8. The quantitative estimate of drug-likeness (QED) is 0.864. The van der Waals surface area contributed by atoms with Gasteiger partial charge in [-0.2, -0.15) is 0 Å². The number of aliphatic carboxylic acids is 1. The number of carboxylic acids is 1. The molecule has 2 atom stereocenters. The van der Waals surface area contributed by atoms with E-state index in [0.717, 1.165) is 0 Å². The molecule has 0 saturated carbocycles. The topological polar surface area (TPSA) is 83.9 Å². The first kappa shape index (κ1) is 16.7. The van der Waals surface area contributed by atoms with Crippen molar-refractivity contribution in [3.63, 3.8) is 0 Å². The van der Waals surface area contributed by atoms with E-state index in [-0.39, 0.29) is 18.9 Å². The zero-order valence-electron chi connectivity index (χ0n) is 13.4. The van der Waals surface area contributed by atoms with Crippen LogP contribution in [0.4, 0.5) is 0 Å². The van der Waals surface area contributed by atoms with Crippen molar-refractivity contribution in [3.8, 4) is 0 Å². The van der Waals surface area contributed by atoms with E-state index in [0.29, 0.717) is 11.1 Å². The van der Waals surface area contributed by atoms with Crippen LogP contribution < -0.4 is 0 Å². The molecule has 2 aromatic carbocycles. The second-order valence-electron chi connectivity index (χ2n) is 5.81. The fourth-order valence-corrected chi connectivity index (χ4v) is 2.88. The number of carboxylic acid groups (broad SMARTS) is 1. The largest absolute Gasteiger partial charge is 0.480 e. The average Bonchev–Trinajstić information content (AvgIpc) is 3.06. The van der Waals surface area contributed by atoms with Crippen LogP contribution in [0.2, 0.25) is 0 Å². The molecule has 1 saturated heterocycles. The number of likely N-dealkylation sites (tertiary alicyclic amines) is 1. The Kier molecular flexibility index (Phi) is 4.79. The highest BCUT2D eigenvalue weighted by atomic mass is 16.5. The number of nitrogens with zero attached hydrogens (tertiary/aromatic N) is 1. The predicted octanol–water partition coefficient (Wildman–Crippen LogP) is 2.21. The van der Waals surface area contributed by atoms with Gasteiger partial charge in [-0.15, -0.1) is 0 Å². The van der Waals surface area contributed by atoms with Crippen molar-refractivity contribution in [2.75, 3.05) is 6.54 Å². The molecule has 0 radical (unpaired) electrons. The number of benzene rings is 2. The Morgan fingerprint density at radius 1 is 0.920 bits per heavy atom. The van der Waals surface area contributed by atoms with Crippen molar-refractivity contribution >= 4 is 17.8 Å². The minimum absolute atomic E-state index is 0.0588. The van der Waals surface area contributed by atoms with Crippen molar-refractivity contribution in [1.29, 1.82) is 0 Å². The summed E-state index contributed by atoms with van der Waals surface area (Å²) in [5.41, 5.74) is 0.797. The number of rotatable bonds is 4. The second kappa shape index (κ2) is 7.17. The summed E-state index contributed by atoms with van der Waals surface area (Å²) in [6.45, 7) is 0.0588. The Morgan fingerprint density at radius 3 is 2.04 bits per heavy atom. The number of carbonyl (C=O) groups is 3. The summed E-state index contributed by atoms with van der Waals surface area (Å²) in [6, 6.07) is 15.9. The summed E-state index contributed by atoms with van der Waals surface area (Å²) in [6.07, 6.45) is -0.576. The first-order valence-corrected chi connectivity index (χ1v) is 7.91. The highest BCUT2D eigenvalue weighted by Crippen LogP contribution is 2.24. The van der Waals surface area contributed by atoms with Crippen molar-refractivity contribution in [2.45, 2.75) is 18.6 Å². The molecule has 2 aromatic rings. The van der Waals surface area contributed by atoms with Crippen molar-refractivity contribution < 1.29 is 24.2 Å². The maximum absolute atomic E-state index is 12.6. The van der Waals surface area contributed by atoms with Crippen LogP contribution in [0.1, 0.15) is 27.1 Å². The van der Waals surface area contributed by atoms with Crippen molar-refractivity contribution in [3.05, 3.63) is 71.8 Å². The molecule has 1 heterocycles. The predicted molar refractivity (Wildman–Crippen MR) is 89.2 cm³/mol. The molecule has 1 aliphatic rings. The van der Waals surface area contributed by atoms with E-state index < -0.39 is 24.1 Å². The third-order valence-electron chi connectivity index (χ3n) is 4.11. The van der Waals surface area contributed by atoms with E-state index in [9.17, 15) is 19.5 Å². The van der Waals surface area contributed by atoms with Gasteiger partial charge in [-0.3, -0.25) is 4.79 Å². The SMILES string of the molecule is O=C(O[C@@H]1C[C@H](C(=O)O)N(C(=O)c2ccccc2)C1)c1ccccc1. The van der Waals surface area contributed by atoms with Crippen LogP contribution in [0.5, 0.6) is 0 Å². The molecule has 0 aliphatic carbocycles. The van der Waals surface area contributed by atoms with E-state index in [1.165, 1.54) is 4.90 Å². The van der Waals surface area contributed by atoms with Crippen molar-refractivity contribution in [1.82, 2.24) is 4.90 Å². The van der Waals surface area contributed by atoms with E-state index in [4.69, 9.17) is 4.74 Å². The van der Waals surface area contributed by atoms with Crippen LogP contribution in [0.3, 0.4) is 0 Å². The highest BCUT2D eigenvalue weighted by molar-refractivity contribution is 5.97. The second-order valence-corrected chi connectivity index (χ2v) is 5.81. The first-order chi connectivity index (χ1) is 12.1. The Labute approximate surface area is 144 Å². The van der Waals surface area contributed by atoms with Gasteiger partial charge in [0, 0.05) is 12.0 Å². The molecule has 128 valence electrons. The molecule has 1 aliphatic heterocycles. The number of esters is 1. The van der Waals surface area contributed by atoms with Gasteiger partial charge in [0.05, 0.1) is 12.1 Å². The van der Waals surface area contributed by atoms with E-state index in [1.807, 2.05) is 0 Å². The van der Waals surface area contributed by atoms with Crippen LogP contribution in [0.15, 0.2) is 60.7 Å². The molecular formula is C19H17NO5. The summed E-state index contributed by atoms with van der Waals surface area (Å²) in [5, 5.41) is 9.41. The molecule has 25 heavy (non-hydrogen) atoms. The van der Waals surface area contributed by atoms with E-state index in [1.54, 1.807) is 60.7 Å². The van der Waals surface area contributed by atoms with Crippen LogP contribution in [-0.2, 0) is 9.53 Å². The summed E-state index contributed by atoms with van der Waals surface area (Å²) in [5.74, 6) is -2.02. The van der Waals surface area contributed by atoms with Crippen LogP contribution in [0.25, 0.3) is 0 Å². The smallest absolute Gasteiger partial charge is 0.338 e. The summed E-state index contributed by atoms with van der Waals surface area (Å²) in [4.78, 5) is 37.5. The van der Waals surface area contributed by atoms with Gasteiger partial charge in [0.25, 0.3) is 5.91 Å². The minimum atomic E-state index is -1.11. The Balaban J connectivity index is 1.73. The summed E-state index contributed by atoms with van der Waals surface area (Å²) < 4.78 is 5.40. The lowest BCUT2D eigenvalue weighted by Gasteiger charge is -2.21. The lowest BCUT2D eigenvalue weighted by molar-refractivity contribution is -0.141. The monoisotopic (exact) mass is 339 g/mol. The van der Waals surface area contributed by atoms with Gasteiger partial charge in [-0.05, 0) is 24.3 Å². The number of ether oxygens (including phenoxy) is 1. The maximum Gasteiger partial charge on any atom is 0.338 e. The minimum Gasteiger partial charge on any atom is -0.480 e. The third-order valence-corrected chi connectivity index (χ3v) is 4.11. The first-order valence-electron chi connectivity index (χ1n) is 7.91. The van der Waals surface area contributed by atoms with E-state index >= 15 is 0 Å². The molecule has 0 bridgehead atoms. The van der Waals surface area contributed by atoms with Gasteiger partial charge in [-0.1, -0.05) is 36.4 Å². The molecule has 1 N–H and O–H groups in total. The van der Waals surface area contributed by atoms with Gasteiger partial charge >= 0.3 is 11.9 Å². The number of hydrogen-bond donors (Lipinski definition) is 1. The molecule has 3 rings (SSSR count). The summed E-state index contributed by atoms with van der Waals surface area (Å²) >= 11 is 0. The van der Waals surface area contributed by atoms with Crippen molar-refractivity contribution in [2.24, 2.45) is 0 Å². The molecule has 6 nitrogen and oxygen atoms in total. The number of hydrogen-bond acceptors (Lipinski definition) is 4. The normalized spacial score (nSPS) is 19.4. The molecule has 0 aromatic heterocycles. The number of amides is 1. The van der Waals surface area contributed by atoms with Crippen LogP contribution in [-0.4, -0.2) is 46.5 Å². The van der Waals surface area contributed by atoms with Gasteiger partial charge < -0.3 is 14.7 Å². The Bertz CT molecular complexity index is 775. The molecule has 6 heteroatoms. The zero-order valence-corrected chi connectivity index (χ0v) is 13.4. The fraction of sp³-hybridized carbons (Fsp3) is 0.211. The third kappa shape index (κ3) is 3.68. The average molecular weight is 339 g/mol. The molecule has 0 unspecified atom stereocenters. The van der Waals surface area contributed by atoms with Gasteiger partial charge in [0.1, 0.15) is 12.1 Å². The molecular weight excluding hydrogens is 322 g/mol. The van der Waals surface area contributed by atoms with Crippen LogP contribution >= 0.6 is 0 Å². The highest BCUT2D eigenvalue weighted by Gasteiger charge is 2.41. The lowest BCUT2D eigenvalue weighted by Crippen LogP contribution is -2.40. The number of carbonyl (C=O) groups excluding carboxylic acids is 2. The Hall–Kier alpha value is -3.15. The van der Waals surface area contributed by atoms with Crippen LogP contribution in [0, 0.1) is 0 Å². The molecule has 0 spiro atoms. The maximum atomic E-state index is 12.6. The standard InChI is InChI=1S/C19H17NO5/c21-17(13-7-3-1-4-8-13)20-12-15(11-16(20)18(22)23)25-19(24)14-9-5-2-6-10-14/h1-10,15-16H,11-12H2,(H,22,23)/t15-,16-/m1/s1. The van der Waals surface area contributed by atoms with Gasteiger partial charge in [0.15, 0.2) is 0 Å². The molecule has 1 fully saturated rings.